The van der Waals surface area contributed by atoms with Crippen molar-refractivity contribution in [1.82, 2.24) is 0 Å². The standard InChI is InChI=1S/C26H32N2O2S/c1-18(2)22-9-5-6-10-23(22)28-25(30)17-31-26(28)20-12-14-21(15-13-20)27-24(29)16-11-19-7-3-4-8-19/h5-6,9-10,12-15,18-19,26H,3-4,7-8,11,16-17H2,1-2H3,(H,27,29)/t26-/m0/s1. The van der Waals surface area contributed by atoms with Crippen LogP contribution in [0.15, 0.2) is 48.5 Å². The van der Waals surface area contributed by atoms with Crippen molar-refractivity contribution in [3.8, 4) is 0 Å². The number of rotatable bonds is 7. The van der Waals surface area contributed by atoms with Crippen molar-refractivity contribution < 1.29 is 9.59 Å². The average molecular weight is 437 g/mol. The van der Waals surface area contributed by atoms with E-state index < -0.39 is 0 Å². The fraction of sp³-hybridized carbons (Fsp3) is 0.462. The fourth-order valence-electron chi connectivity index (χ4n) is 4.72. The van der Waals surface area contributed by atoms with Gasteiger partial charge in [-0.25, -0.2) is 0 Å². The Kier molecular flexibility index (Phi) is 7.01. The Morgan fingerprint density at radius 2 is 1.81 bits per heavy atom. The Morgan fingerprint density at radius 3 is 2.52 bits per heavy atom. The molecule has 0 aromatic heterocycles. The number of hydrogen-bond acceptors (Lipinski definition) is 3. The lowest BCUT2D eigenvalue weighted by Gasteiger charge is -2.27. The van der Waals surface area contributed by atoms with Gasteiger partial charge in [-0.1, -0.05) is 69.9 Å². The van der Waals surface area contributed by atoms with Crippen molar-refractivity contribution in [2.45, 2.75) is 63.7 Å². The van der Waals surface area contributed by atoms with E-state index in [1.54, 1.807) is 11.8 Å². The summed E-state index contributed by atoms with van der Waals surface area (Å²) in [5.41, 5.74) is 4.10. The van der Waals surface area contributed by atoms with Crippen LogP contribution in [0.25, 0.3) is 0 Å². The first-order valence-electron chi connectivity index (χ1n) is 11.5. The second kappa shape index (κ2) is 9.90. The van der Waals surface area contributed by atoms with Crippen LogP contribution in [0.2, 0.25) is 0 Å². The van der Waals surface area contributed by atoms with Crippen LogP contribution in [-0.4, -0.2) is 17.6 Å². The summed E-state index contributed by atoms with van der Waals surface area (Å²) in [7, 11) is 0. The molecule has 0 bridgehead atoms. The van der Waals surface area contributed by atoms with E-state index >= 15 is 0 Å². The molecular formula is C26H32N2O2S. The van der Waals surface area contributed by atoms with Crippen molar-refractivity contribution in [1.29, 1.82) is 0 Å². The Bertz CT molecular complexity index is 919. The summed E-state index contributed by atoms with van der Waals surface area (Å²) in [6.07, 6.45) is 6.77. The van der Waals surface area contributed by atoms with E-state index in [4.69, 9.17) is 0 Å². The highest BCUT2D eigenvalue weighted by molar-refractivity contribution is 8.00. The SMILES string of the molecule is CC(C)c1ccccc1N1C(=O)CS[C@H]1c1ccc(NC(=O)CCC2CCCC2)cc1. The zero-order chi connectivity index (χ0) is 21.8. The Morgan fingerprint density at radius 1 is 1.10 bits per heavy atom. The van der Waals surface area contributed by atoms with Gasteiger partial charge in [-0.15, -0.1) is 11.8 Å². The van der Waals surface area contributed by atoms with Crippen molar-refractivity contribution in [3.05, 3.63) is 59.7 Å². The smallest absolute Gasteiger partial charge is 0.238 e. The van der Waals surface area contributed by atoms with Crippen LogP contribution in [0.1, 0.15) is 74.8 Å². The number of nitrogens with one attached hydrogen (secondary N) is 1. The predicted octanol–water partition coefficient (Wildman–Crippen LogP) is 6.50. The van der Waals surface area contributed by atoms with E-state index in [1.165, 1.54) is 31.2 Å². The second-order valence-electron chi connectivity index (χ2n) is 9.00. The van der Waals surface area contributed by atoms with E-state index in [0.717, 1.165) is 29.3 Å². The molecule has 1 N–H and O–H groups in total. The number of carbonyl (C=O) groups excluding carboxylic acids is 2. The molecule has 2 aliphatic rings. The normalized spacial score (nSPS) is 19.4. The van der Waals surface area contributed by atoms with Gasteiger partial charge in [0.05, 0.1) is 5.75 Å². The molecule has 164 valence electrons. The second-order valence-corrected chi connectivity index (χ2v) is 10.1. The third-order valence-electron chi connectivity index (χ3n) is 6.42. The molecule has 2 aromatic rings. The van der Waals surface area contributed by atoms with E-state index in [9.17, 15) is 9.59 Å². The first kappa shape index (κ1) is 21.9. The summed E-state index contributed by atoms with van der Waals surface area (Å²) in [6.45, 7) is 4.32. The quantitative estimate of drug-likeness (QED) is 0.539. The molecule has 1 aliphatic heterocycles. The molecule has 0 radical (unpaired) electrons. The van der Waals surface area contributed by atoms with E-state index in [2.05, 4.69) is 25.2 Å². The van der Waals surface area contributed by atoms with Crippen molar-refractivity contribution in [3.63, 3.8) is 0 Å². The topological polar surface area (TPSA) is 49.4 Å². The van der Waals surface area contributed by atoms with Gasteiger partial charge in [0, 0.05) is 17.8 Å². The van der Waals surface area contributed by atoms with Crippen LogP contribution in [0.5, 0.6) is 0 Å². The molecule has 2 aromatic carbocycles. The number of benzene rings is 2. The predicted molar refractivity (Wildman–Crippen MR) is 129 cm³/mol. The number of nitrogens with zero attached hydrogens (tertiary/aromatic N) is 1. The summed E-state index contributed by atoms with van der Waals surface area (Å²) in [5, 5.41) is 2.99. The van der Waals surface area contributed by atoms with Gasteiger partial charge in [-0.2, -0.15) is 0 Å². The molecule has 1 saturated heterocycles. The molecule has 1 heterocycles. The molecule has 31 heavy (non-hydrogen) atoms. The average Bonchev–Trinajstić information content (AvgIpc) is 3.42. The first-order chi connectivity index (χ1) is 15.0. The van der Waals surface area contributed by atoms with Gasteiger partial charge in [0.1, 0.15) is 5.37 Å². The number of para-hydroxylation sites is 1. The van der Waals surface area contributed by atoms with Crippen LogP contribution < -0.4 is 10.2 Å². The molecule has 5 heteroatoms. The first-order valence-corrected chi connectivity index (χ1v) is 12.5. The number of anilines is 2. The Labute approximate surface area is 189 Å². The molecule has 2 amide bonds. The number of thioether (sulfide) groups is 1. The minimum atomic E-state index is -0.0421. The fourth-order valence-corrected chi connectivity index (χ4v) is 5.88. The monoisotopic (exact) mass is 436 g/mol. The van der Waals surface area contributed by atoms with Gasteiger partial charge >= 0.3 is 0 Å². The maximum Gasteiger partial charge on any atom is 0.238 e. The largest absolute Gasteiger partial charge is 0.326 e. The van der Waals surface area contributed by atoms with Crippen molar-refractivity contribution in [2.24, 2.45) is 5.92 Å². The molecule has 4 nitrogen and oxygen atoms in total. The Balaban J connectivity index is 1.44. The minimum absolute atomic E-state index is 0.0421. The summed E-state index contributed by atoms with van der Waals surface area (Å²) in [6, 6.07) is 16.2. The highest BCUT2D eigenvalue weighted by Gasteiger charge is 2.35. The van der Waals surface area contributed by atoms with Crippen molar-refractivity contribution in [2.75, 3.05) is 16.0 Å². The van der Waals surface area contributed by atoms with E-state index in [0.29, 0.717) is 18.1 Å². The highest BCUT2D eigenvalue weighted by atomic mass is 32.2. The minimum Gasteiger partial charge on any atom is -0.326 e. The van der Waals surface area contributed by atoms with Gasteiger partial charge in [0.15, 0.2) is 0 Å². The zero-order valence-corrected chi connectivity index (χ0v) is 19.3. The summed E-state index contributed by atoms with van der Waals surface area (Å²) >= 11 is 1.66. The summed E-state index contributed by atoms with van der Waals surface area (Å²) in [4.78, 5) is 27.0. The van der Waals surface area contributed by atoms with Gasteiger partial charge in [0.2, 0.25) is 11.8 Å². The Hall–Kier alpha value is -2.27. The van der Waals surface area contributed by atoms with Crippen LogP contribution in [0, 0.1) is 5.92 Å². The van der Waals surface area contributed by atoms with Crippen LogP contribution in [0.3, 0.4) is 0 Å². The molecule has 1 aliphatic carbocycles. The van der Waals surface area contributed by atoms with Gasteiger partial charge in [-0.05, 0) is 47.6 Å². The maximum atomic E-state index is 12.8. The molecule has 2 fully saturated rings. The van der Waals surface area contributed by atoms with Crippen LogP contribution >= 0.6 is 11.8 Å². The highest BCUT2D eigenvalue weighted by Crippen LogP contribution is 2.44. The van der Waals surface area contributed by atoms with E-state index in [-0.39, 0.29) is 17.2 Å². The summed E-state index contributed by atoms with van der Waals surface area (Å²) in [5.74, 6) is 1.79. The lowest BCUT2D eigenvalue weighted by molar-refractivity contribution is -0.117. The lowest BCUT2D eigenvalue weighted by atomic mass is 10.00. The molecule has 4 rings (SSSR count). The molecule has 0 spiro atoms. The molecule has 0 unspecified atom stereocenters. The van der Waals surface area contributed by atoms with Crippen LogP contribution in [-0.2, 0) is 9.59 Å². The van der Waals surface area contributed by atoms with Gasteiger partial charge < -0.3 is 5.32 Å². The number of carbonyl (C=O) groups is 2. The van der Waals surface area contributed by atoms with Gasteiger partial charge in [0.25, 0.3) is 0 Å². The van der Waals surface area contributed by atoms with Crippen molar-refractivity contribution >= 4 is 35.0 Å². The molecule has 1 atom stereocenters. The number of hydrogen-bond donors (Lipinski definition) is 1. The van der Waals surface area contributed by atoms with Crippen LogP contribution in [0.4, 0.5) is 11.4 Å². The molecular weight excluding hydrogens is 404 g/mol. The molecule has 1 saturated carbocycles. The maximum absolute atomic E-state index is 12.8. The lowest BCUT2D eigenvalue weighted by Crippen LogP contribution is -2.29. The summed E-state index contributed by atoms with van der Waals surface area (Å²) < 4.78 is 0. The third-order valence-corrected chi connectivity index (χ3v) is 7.63. The van der Waals surface area contributed by atoms with E-state index in [1.807, 2.05) is 47.4 Å². The zero-order valence-electron chi connectivity index (χ0n) is 18.5. The number of amides is 2. The third kappa shape index (κ3) is 5.15. The van der Waals surface area contributed by atoms with Gasteiger partial charge in [-0.3, -0.25) is 14.5 Å².